The Morgan fingerprint density at radius 3 is 1.83 bits per heavy atom. The summed E-state index contributed by atoms with van der Waals surface area (Å²) in [6.07, 6.45) is 0. The van der Waals surface area contributed by atoms with Gasteiger partial charge in [0.25, 0.3) is 0 Å². The average molecular weight is 743 g/mol. The molecule has 0 saturated heterocycles. The number of para-hydroxylation sites is 5. The summed E-state index contributed by atoms with van der Waals surface area (Å²) in [5, 5.41) is 7.11. The number of aromatic nitrogens is 1. The van der Waals surface area contributed by atoms with Gasteiger partial charge in [-0.25, -0.2) is 0 Å². The molecule has 3 heteroatoms. The van der Waals surface area contributed by atoms with Crippen molar-refractivity contribution in [2.24, 2.45) is 0 Å². The molecule has 9 aromatic carbocycles. The van der Waals surface area contributed by atoms with Crippen molar-refractivity contribution in [2.75, 3.05) is 4.90 Å². The van der Waals surface area contributed by atoms with Crippen molar-refractivity contribution >= 4 is 71.6 Å². The molecule has 0 radical (unpaired) electrons. The first kappa shape index (κ1) is 32.8. The summed E-state index contributed by atoms with van der Waals surface area (Å²) in [6, 6.07) is 70.8. The summed E-state index contributed by atoms with van der Waals surface area (Å²) in [5.74, 6) is 0. The lowest BCUT2D eigenvalue weighted by molar-refractivity contribution is 0.660. The van der Waals surface area contributed by atoms with Gasteiger partial charge in [0.05, 0.1) is 28.1 Å². The second-order valence-electron chi connectivity index (χ2n) is 16.1. The first-order chi connectivity index (χ1) is 28.5. The summed E-state index contributed by atoms with van der Waals surface area (Å²) < 4.78 is 8.91. The molecular formula is C55H38N2O. The summed E-state index contributed by atoms with van der Waals surface area (Å²) >= 11 is 0. The third-order valence-corrected chi connectivity index (χ3v) is 12.6. The van der Waals surface area contributed by atoms with Gasteiger partial charge in [0.15, 0.2) is 0 Å². The smallest absolute Gasteiger partial charge is 0.136 e. The second-order valence-corrected chi connectivity index (χ2v) is 16.1. The van der Waals surface area contributed by atoms with E-state index in [1.165, 1.54) is 54.8 Å². The lowest BCUT2D eigenvalue weighted by atomic mass is 9.82. The SMILES string of the molecule is CC1(C)c2ccccc2-c2ccc(N(c3ccccc3-c3ccc4oc5cc6ccccc6cc5c4c3)c3ccccc3-n3c4ccccc4c4ccccc43)cc21. The largest absolute Gasteiger partial charge is 0.456 e. The topological polar surface area (TPSA) is 21.3 Å². The maximum Gasteiger partial charge on any atom is 0.136 e. The van der Waals surface area contributed by atoms with E-state index >= 15 is 0 Å². The number of nitrogens with zero attached hydrogens (tertiary/aromatic N) is 2. The molecule has 0 aliphatic heterocycles. The molecule has 58 heavy (non-hydrogen) atoms. The Balaban J connectivity index is 1.12. The number of hydrogen-bond acceptors (Lipinski definition) is 2. The highest BCUT2D eigenvalue weighted by atomic mass is 16.3. The lowest BCUT2D eigenvalue weighted by Gasteiger charge is -2.31. The Kier molecular flexibility index (Phi) is 6.98. The van der Waals surface area contributed by atoms with E-state index in [0.717, 1.165) is 55.8 Å². The van der Waals surface area contributed by atoms with Gasteiger partial charge >= 0.3 is 0 Å². The number of furan rings is 1. The van der Waals surface area contributed by atoms with Crippen LogP contribution in [-0.2, 0) is 5.41 Å². The van der Waals surface area contributed by atoms with Crippen molar-refractivity contribution < 1.29 is 4.42 Å². The van der Waals surface area contributed by atoms with E-state index in [1.807, 2.05) is 0 Å². The molecule has 12 rings (SSSR count). The zero-order chi connectivity index (χ0) is 38.5. The Hall–Kier alpha value is -7.36. The first-order valence-corrected chi connectivity index (χ1v) is 20.1. The molecule has 1 aliphatic carbocycles. The van der Waals surface area contributed by atoms with E-state index < -0.39 is 0 Å². The van der Waals surface area contributed by atoms with E-state index in [0.29, 0.717) is 0 Å². The summed E-state index contributed by atoms with van der Waals surface area (Å²) in [6.45, 7) is 4.72. The van der Waals surface area contributed by atoms with Crippen molar-refractivity contribution in [1.82, 2.24) is 4.57 Å². The van der Waals surface area contributed by atoms with Gasteiger partial charge in [0.1, 0.15) is 11.2 Å². The number of rotatable bonds is 5. The second kappa shape index (κ2) is 12.3. The Morgan fingerprint density at radius 2 is 1.03 bits per heavy atom. The third kappa shape index (κ3) is 4.74. The molecular weight excluding hydrogens is 705 g/mol. The van der Waals surface area contributed by atoms with E-state index in [2.05, 4.69) is 217 Å². The van der Waals surface area contributed by atoms with Crippen LogP contribution in [0, 0.1) is 0 Å². The van der Waals surface area contributed by atoms with Crippen molar-refractivity contribution in [3.05, 3.63) is 205 Å². The number of benzene rings is 9. The van der Waals surface area contributed by atoms with Gasteiger partial charge in [0.2, 0.25) is 0 Å². The molecule has 1 aliphatic rings. The fourth-order valence-electron chi connectivity index (χ4n) is 9.81. The standard InChI is InChI=1S/C55H38N2O/c1-55(2)46-21-9-5-18-40(46)41-29-28-38(34-47(41)55)56(51-25-13-14-26-52(51)57-49-23-11-7-19-42(49)43-20-8-12-24-50(43)57)48-22-10-6-17-39(48)37-27-30-53-44(32-37)45-31-35-15-3-4-16-36(35)33-54(45)58-53/h3-34H,1-2H3. The summed E-state index contributed by atoms with van der Waals surface area (Å²) in [5.41, 5.74) is 16.0. The lowest BCUT2D eigenvalue weighted by Crippen LogP contribution is -2.17. The van der Waals surface area contributed by atoms with Gasteiger partial charge in [-0.05, 0) is 105 Å². The number of hydrogen-bond donors (Lipinski definition) is 0. The Morgan fingerprint density at radius 1 is 0.431 bits per heavy atom. The molecule has 2 aromatic heterocycles. The van der Waals surface area contributed by atoms with Gasteiger partial charge in [-0.3, -0.25) is 0 Å². The van der Waals surface area contributed by atoms with Crippen molar-refractivity contribution in [3.8, 4) is 27.9 Å². The Bertz CT molecular complexity index is 3400. The van der Waals surface area contributed by atoms with Crippen LogP contribution in [0.15, 0.2) is 199 Å². The molecule has 0 bridgehead atoms. The van der Waals surface area contributed by atoms with Crippen LogP contribution in [0.2, 0.25) is 0 Å². The van der Waals surface area contributed by atoms with Crippen LogP contribution in [0.25, 0.3) is 82.5 Å². The Labute approximate surface area is 336 Å². The quantitative estimate of drug-likeness (QED) is 0.175. The van der Waals surface area contributed by atoms with Gasteiger partial charge in [-0.15, -0.1) is 0 Å². The minimum Gasteiger partial charge on any atom is -0.456 e. The van der Waals surface area contributed by atoms with E-state index in [-0.39, 0.29) is 5.41 Å². The van der Waals surface area contributed by atoms with Crippen LogP contribution in [0.5, 0.6) is 0 Å². The van der Waals surface area contributed by atoms with Crippen LogP contribution < -0.4 is 4.90 Å². The normalized spacial score (nSPS) is 13.1. The summed E-state index contributed by atoms with van der Waals surface area (Å²) in [7, 11) is 0. The van der Waals surface area contributed by atoms with Crippen LogP contribution in [0.3, 0.4) is 0 Å². The van der Waals surface area contributed by atoms with Gasteiger partial charge < -0.3 is 13.9 Å². The van der Waals surface area contributed by atoms with Crippen LogP contribution >= 0.6 is 0 Å². The van der Waals surface area contributed by atoms with Gasteiger partial charge in [-0.2, -0.15) is 0 Å². The van der Waals surface area contributed by atoms with E-state index in [4.69, 9.17) is 4.42 Å². The van der Waals surface area contributed by atoms with E-state index in [1.54, 1.807) is 0 Å². The monoisotopic (exact) mass is 742 g/mol. The predicted octanol–water partition coefficient (Wildman–Crippen LogP) is 15.3. The van der Waals surface area contributed by atoms with Crippen molar-refractivity contribution in [2.45, 2.75) is 19.3 Å². The molecule has 3 nitrogen and oxygen atoms in total. The van der Waals surface area contributed by atoms with Crippen molar-refractivity contribution in [1.29, 1.82) is 0 Å². The minimum absolute atomic E-state index is 0.156. The highest BCUT2D eigenvalue weighted by Gasteiger charge is 2.36. The minimum atomic E-state index is -0.156. The van der Waals surface area contributed by atoms with E-state index in [9.17, 15) is 0 Å². The molecule has 0 atom stereocenters. The highest BCUT2D eigenvalue weighted by molar-refractivity contribution is 6.12. The van der Waals surface area contributed by atoms with Crippen LogP contribution in [-0.4, -0.2) is 4.57 Å². The maximum absolute atomic E-state index is 6.47. The maximum atomic E-state index is 6.47. The van der Waals surface area contributed by atoms with Crippen LogP contribution in [0.4, 0.5) is 17.1 Å². The molecule has 0 amide bonds. The molecule has 0 spiro atoms. The zero-order valence-electron chi connectivity index (χ0n) is 32.3. The molecule has 0 unspecified atom stereocenters. The molecule has 274 valence electrons. The predicted molar refractivity (Wildman–Crippen MR) is 243 cm³/mol. The zero-order valence-corrected chi connectivity index (χ0v) is 32.3. The third-order valence-electron chi connectivity index (χ3n) is 12.6. The van der Waals surface area contributed by atoms with Crippen molar-refractivity contribution in [3.63, 3.8) is 0 Å². The number of anilines is 3. The average Bonchev–Trinajstić information content (AvgIpc) is 3.88. The molecule has 2 heterocycles. The van der Waals surface area contributed by atoms with Gasteiger partial charge in [-0.1, -0.05) is 141 Å². The molecule has 0 N–H and O–H groups in total. The van der Waals surface area contributed by atoms with Crippen LogP contribution in [0.1, 0.15) is 25.0 Å². The molecule has 0 saturated carbocycles. The molecule has 11 aromatic rings. The fourth-order valence-corrected chi connectivity index (χ4v) is 9.81. The highest BCUT2D eigenvalue weighted by Crippen LogP contribution is 2.52. The summed E-state index contributed by atoms with van der Waals surface area (Å²) in [4.78, 5) is 2.48. The fraction of sp³-hybridized carbons (Fsp3) is 0.0545. The van der Waals surface area contributed by atoms with Gasteiger partial charge in [0, 0.05) is 38.2 Å². The first-order valence-electron chi connectivity index (χ1n) is 20.1. The molecule has 0 fully saturated rings. The number of fused-ring (bicyclic) bond motifs is 10.